The van der Waals surface area contributed by atoms with E-state index in [0.717, 1.165) is 19.3 Å². The van der Waals surface area contributed by atoms with Crippen LogP contribution < -0.4 is 5.32 Å². The maximum atomic E-state index is 5.67. The van der Waals surface area contributed by atoms with E-state index < -0.39 is 5.72 Å². The van der Waals surface area contributed by atoms with Crippen LogP contribution in [0.3, 0.4) is 0 Å². The summed E-state index contributed by atoms with van der Waals surface area (Å²) in [7, 11) is 6.83. The van der Waals surface area contributed by atoms with Crippen molar-refractivity contribution in [3.63, 3.8) is 0 Å². The molecule has 5 heteroatoms. The maximum Gasteiger partial charge on any atom is 0.147 e. The molecule has 0 aromatic heterocycles. The molecule has 2 saturated heterocycles. The third-order valence-corrected chi connectivity index (χ3v) is 4.11. The monoisotopic (exact) mass is 231 g/mol. The van der Waals surface area contributed by atoms with Crippen LogP contribution in [0, 0.1) is 0 Å². The molecule has 1 saturated carbocycles. The van der Waals surface area contributed by atoms with Crippen molar-refractivity contribution in [3.8, 4) is 0 Å². The van der Waals surface area contributed by atoms with Gasteiger partial charge in [0.1, 0.15) is 23.7 Å². The number of fused-ring (bicyclic) bond motifs is 3. The lowest BCUT2D eigenvalue weighted by Gasteiger charge is -2.58. The lowest BCUT2D eigenvalue weighted by atomic mass is 9.72. The third-order valence-electron chi connectivity index (χ3n) is 4.11. The molecule has 0 amide bonds. The van der Waals surface area contributed by atoms with Gasteiger partial charge in [-0.3, -0.25) is 5.32 Å². The van der Waals surface area contributed by atoms with Crippen LogP contribution in [0.4, 0.5) is 0 Å². The second-order valence-electron chi connectivity index (χ2n) is 4.55. The zero-order chi connectivity index (χ0) is 11.8. The van der Waals surface area contributed by atoms with Crippen molar-refractivity contribution in [2.24, 2.45) is 0 Å². The van der Waals surface area contributed by atoms with Gasteiger partial charge in [-0.2, -0.15) is 0 Å². The Bertz CT molecular complexity index is 236. The van der Waals surface area contributed by atoms with Crippen LogP contribution in [0.5, 0.6) is 0 Å². The molecule has 0 spiro atoms. The molecule has 1 N–H and O–H groups in total. The minimum atomic E-state index is -0.435. The molecule has 3 aliphatic rings. The van der Waals surface area contributed by atoms with Gasteiger partial charge >= 0.3 is 0 Å². The molecule has 0 aromatic rings. The summed E-state index contributed by atoms with van der Waals surface area (Å²) in [5, 5.41) is 3.36. The lowest BCUT2D eigenvalue weighted by Crippen LogP contribution is -2.76. The number of nitrogens with one attached hydrogen (secondary N) is 1. The maximum absolute atomic E-state index is 5.67. The highest BCUT2D eigenvalue weighted by atomic mass is 16.6. The van der Waals surface area contributed by atoms with Crippen LogP contribution in [0.25, 0.3) is 0 Å². The molecule has 94 valence electrons. The number of methoxy groups -OCH3 is 4. The van der Waals surface area contributed by atoms with Crippen molar-refractivity contribution >= 4 is 0 Å². The molecule has 16 heavy (non-hydrogen) atoms. The molecule has 4 unspecified atom stereocenters. The summed E-state index contributed by atoms with van der Waals surface area (Å²) in [6, 6.07) is 0. The quantitative estimate of drug-likeness (QED) is 0.763. The summed E-state index contributed by atoms with van der Waals surface area (Å²) in [5.74, 6) is 0. The normalized spacial score (nSPS) is 47.2. The van der Waals surface area contributed by atoms with Gasteiger partial charge in [-0.15, -0.1) is 0 Å². The Morgan fingerprint density at radius 2 is 1.75 bits per heavy atom. The van der Waals surface area contributed by atoms with E-state index in [4.69, 9.17) is 18.9 Å². The Labute approximate surface area is 96.4 Å². The molecule has 3 fully saturated rings. The fourth-order valence-electron chi connectivity index (χ4n) is 3.03. The molecule has 5 nitrogen and oxygen atoms in total. The van der Waals surface area contributed by atoms with E-state index in [1.54, 1.807) is 28.4 Å². The fraction of sp³-hybridized carbons (Fsp3) is 1.00. The van der Waals surface area contributed by atoms with Crippen LogP contribution in [-0.2, 0) is 18.9 Å². The van der Waals surface area contributed by atoms with E-state index in [1.165, 1.54) is 0 Å². The van der Waals surface area contributed by atoms with Gasteiger partial charge in [0.2, 0.25) is 0 Å². The third kappa shape index (κ3) is 1.50. The molecular weight excluding hydrogens is 210 g/mol. The van der Waals surface area contributed by atoms with Crippen molar-refractivity contribution in [3.05, 3.63) is 0 Å². The van der Waals surface area contributed by atoms with Crippen LogP contribution in [-0.4, -0.2) is 52.1 Å². The Hall–Kier alpha value is -0.200. The predicted molar refractivity (Wildman–Crippen MR) is 58.1 cm³/mol. The van der Waals surface area contributed by atoms with Gasteiger partial charge < -0.3 is 18.9 Å². The highest BCUT2D eigenvalue weighted by Crippen LogP contribution is 2.46. The van der Waals surface area contributed by atoms with Crippen molar-refractivity contribution in [2.45, 2.75) is 42.9 Å². The smallest absolute Gasteiger partial charge is 0.147 e. The minimum Gasteiger partial charge on any atom is -0.377 e. The predicted octanol–water partition coefficient (Wildman–Crippen LogP) is 0.489. The summed E-state index contributed by atoms with van der Waals surface area (Å²) in [6.07, 6.45) is 2.44. The van der Waals surface area contributed by atoms with Crippen LogP contribution >= 0.6 is 0 Å². The second kappa shape index (κ2) is 4.23. The molecule has 2 heterocycles. The number of hydrogen-bond acceptors (Lipinski definition) is 5. The van der Waals surface area contributed by atoms with Crippen molar-refractivity contribution in [1.29, 1.82) is 0 Å². The summed E-state index contributed by atoms with van der Waals surface area (Å²) in [4.78, 5) is 0. The molecule has 2 bridgehead atoms. The topological polar surface area (TPSA) is 49.0 Å². The number of ether oxygens (including phenoxy) is 4. The van der Waals surface area contributed by atoms with E-state index in [2.05, 4.69) is 5.32 Å². The Balaban J connectivity index is 2.28. The van der Waals surface area contributed by atoms with Gasteiger partial charge in [-0.05, 0) is 12.8 Å². The summed E-state index contributed by atoms with van der Waals surface area (Å²) < 4.78 is 22.3. The zero-order valence-electron chi connectivity index (χ0n) is 10.4. The van der Waals surface area contributed by atoms with Gasteiger partial charge in [-0.1, -0.05) is 0 Å². The molecular formula is C11H21NO4. The summed E-state index contributed by atoms with van der Waals surface area (Å²) >= 11 is 0. The van der Waals surface area contributed by atoms with Crippen molar-refractivity contribution in [2.75, 3.05) is 28.4 Å². The second-order valence-corrected chi connectivity index (χ2v) is 4.55. The average Bonchev–Trinajstić information content (AvgIpc) is 2.38. The highest BCUT2D eigenvalue weighted by Gasteiger charge is 2.61. The van der Waals surface area contributed by atoms with Gasteiger partial charge in [0.05, 0.1) is 0 Å². The van der Waals surface area contributed by atoms with E-state index in [-0.39, 0.29) is 17.9 Å². The minimum absolute atomic E-state index is 0.00222. The highest BCUT2D eigenvalue weighted by molar-refractivity contribution is 5.10. The first kappa shape index (κ1) is 12.3. The van der Waals surface area contributed by atoms with Crippen molar-refractivity contribution in [1.82, 2.24) is 5.32 Å². The van der Waals surface area contributed by atoms with Gasteiger partial charge in [-0.25, -0.2) is 0 Å². The first-order valence-electron chi connectivity index (χ1n) is 5.60. The lowest BCUT2D eigenvalue weighted by molar-refractivity contribution is -0.291. The standard InChI is InChI=1S/C11H21NO4/c1-13-8-7-10(15-3)5-6-11(8,16-4)12-9(10)14-2/h8-9,12H,5-7H2,1-4H3. The van der Waals surface area contributed by atoms with E-state index >= 15 is 0 Å². The first-order chi connectivity index (χ1) is 7.66. The van der Waals surface area contributed by atoms with Crippen LogP contribution in [0.1, 0.15) is 19.3 Å². The molecule has 2 aliphatic heterocycles. The van der Waals surface area contributed by atoms with Gasteiger partial charge in [0, 0.05) is 34.9 Å². The van der Waals surface area contributed by atoms with E-state index in [0.29, 0.717) is 0 Å². The Morgan fingerprint density at radius 3 is 2.25 bits per heavy atom. The number of rotatable bonds is 4. The molecule has 3 rings (SSSR count). The van der Waals surface area contributed by atoms with Gasteiger partial charge in [0.25, 0.3) is 0 Å². The molecule has 1 aliphatic carbocycles. The first-order valence-corrected chi connectivity index (χ1v) is 5.60. The zero-order valence-corrected chi connectivity index (χ0v) is 10.4. The van der Waals surface area contributed by atoms with Crippen LogP contribution in [0.2, 0.25) is 0 Å². The van der Waals surface area contributed by atoms with Crippen LogP contribution in [0.15, 0.2) is 0 Å². The van der Waals surface area contributed by atoms with Gasteiger partial charge in [0.15, 0.2) is 0 Å². The van der Waals surface area contributed by atoms with Crippen molar-refractivity contribution < 1.29 is 18.9 Å². The SMILES string of the molecule is COC1NC2(OC)CCC1(OC)CC2OC. The Kier molecular flexibility index (Phi) is 3.25. The number of piperidine rings is 2. The summed E-state index contributed by atoms with van der Waals surface area (Å²) in [5.41, 5.74) is -0.731. The van der Waals surface area contributed by atoms with E-state index in [9.17, 15) is 0 Å². The molecule has 0 aromatic carbocycles. The summed E-state index contributed by atoms with van der Waals surface area (Å²) in [6.45, 7) is 0. The number of hydrogen-bond donors (Lipinski definition) is 1. The largest absolute Gasteiger partial charge is 0.377 e. The average molecular weight is 231 g/mol. The molecule has 4 atom stereocenters. The molecule has 0 radical (unpaired) electrons. The Morgan fingerprint density at radius 1 is 1.00 bits per heavy atom. The van der Waals surface area contributed by atoms with E-state index in [1.807, 2.05) is 0 Å². The fourth-order valence-corrected chi connectivity index (χ4v) is 3.03.